The van der Waals surface area contributed by atoms with Crippen LogP contribution in [0.5, 0.6) is 17.2 Å². The Morgan fingerprint density at radius 1 is 1.11 bits per heavy atom. The third-order valence-corrected chi connectivity index (χ3v) is 6.18. The van der Waals surface area contributed by atoms with Gasteiger partial charge in [0.2, 0.25) is 5.88 Å². The first-order valence-corrected chi connectivity index (χ1v) is 12.5. The summed E-state index contributed by atoms with van der Waals surface area (Å²) in [6.07, 6.45) is 6.09. The molecule has 0 radical (unpaired) electrons. The van der Waals surface area contributed by atoms with E-state index in [1.165, 1.54) is 6.08 Å². The van der Waals surface area contributed by atoms with E-state index in [-0.39, 0.29) is 5.88 Å². The van der Waals surface area contributed by atoms with Crippen LogP contribution in [0.3, 0.4) is 0 Å². The number of fused-ring (bicyclic) bond motifs is 1. The summed E-state index contributed by atoms with van der Waals surface area (Å²) in [6.45, 7) is 2.72. The molecule has 3 aromatic rings. The Kier molecular flexibility index (Phi) is 8.50. The Morgan fingerprint density at radius 2 is 1.89 bits per heavy atom. The van der Waals surface area contributed by atoms with Crippen molar-refractivity contribution in [1.82, 2.24) is 0 Å². The second-order valence-electron chi connectivity index (χ2n) is 8.52. The predicted octanol–water partition coefficient (Wildman–Crippen LogP) is 6.75. The van der Waals surface area contributed by atoms with Gasteiger partial charge in [0.05, 0.1) is 12.5 Å². The molecule has 1 atom stereocenters. The number of carbonyl (C=O) groups excluding carboxylic acids is 1. The second-order valence-corrected chi connectivity index (χ2v) is 8.96. The number of unbranched alkanes of at least 4 members (excludes halogenated alkanes) is 2. The third kappa shape index (κ3) is 6.32. The van der Waals surface area contributed by atoms with E-state index in [4.69, 9.17) is 31.5 Å². The maximum atomic E-state index is 12.4. The van der Waals surface area contributed by atoms with Gasteiger partial charge >= 0.3 is 5.97 Å². The zero-order chi connectivity index (χ0) is 26.2. The number of ether oxygens (including phenoxy) is 3. The van der Waals surface area contributed by atoms with Crippen LogP contribution in [0.4, 0.5) is 0 Å². The van der Waals surface area contributed by atoms with Gasteiger partial charge in [-0.05, 0) is 42.3 Å². The molecule has 37 heavy (non-hydrogen) atoms. The number of carbonyl (C=O) groups is 1. The largest absolute Gasteiger partial charge is 0.493 e. The molecule has 4 rings (SSSR count). The van der Waals surface area contributed by atoms with Gasteiger partial charge in [-0.2, -0.15) is 5.26 Å². The van der Waals surface area contributed by atoms with Gasteiger partial charge in [0, 0.05) is 28.3 Å². The van der Waals surface area contributed by atoms with Crippen molar-refractivity contribution in [1.29, 1.82) is 5.26 Å². The number of nitrogens with two attached hydrogens (primary N) is 1. The van der Waals surface area contributed by atoms with Crippen LogP contribution in [-0.2, 0) is 4.79 Å². The van der Waals surface area contributed by atoms with Gasteiger partial charge in [-0.3, -0.25) is 0 Å². The molecular weight excluding hydrogens is 488 g/mol. The Balaban J connectivity index is 1.59. The quantitative estimate of drug-likeness (QED) is 0.147. The fourth-order valence-electron chi connectivity index (χ4n) is 4.09. The molecule has 1 aliphatic heterocycles. The minimum absolute atomic E-state index is 0.00639. The smallest absolute Gasteiger partial charge is 0.336 e. The van der Waals surface area contributed by atoms with Crippen LogP contribution in [0, 0.1) is 11.3 Å². The van der Waals surface area contributed by atoms with Gasteiger partial charge in [-0.15, -0.1) is 0 Å². The molecule has 188 valence electrons. The summed E-state index contributed by atoms with van der Waals surface area (Å²) in [5.41, 5.74) is 8.82. The van der Waals surface area contributed by atoms with Crippen molar-refractivity contribution in [2.45, 2.75) is 32.1 Å². The molecule has 1 aliphatic rings. The van der Waals surface area contributed by atoms with Crippen molar-refractivity contribution in [3.8, 4) is 23.3 Å². The monoisotopic (exact) mass is 514 g/mol. The summed E-state index contributed by atoms with van der Waals surface area (Å²) in [5.74, 6) is 0.376. The van der Waals surface area contributed by atoms with Crippen LogP contribution >= 0.6 is 11.6 Å². The molecule has 0 fully saturated rings. The molecule has 0 aliphatic carbocycles. The first-order valence-electron chi connectivity index (χ1n) is 12.1. The number of esters is 1. The maximum absolute atomic E-state index is 12.4. The van der Waals surface area contributed by atoms with E-state index in [0.29, 0.717) is 34.5 Å². The topological polar surface area (TPSA) is 94.6 Å². The number of allylic oxidation sites excluding steroid dienone is 1. The fourth-order valence-corrected chi connectivity index (χ4v) is 4.22. The summed E-state index contributed by atoms with van der Waals surface area (Å²) in [6, 6.07) is 22.0. The first kappa shape index (κ1) is 25.9. The van der Waals surface area contributed by atoms with Crippen LogP contribution in [0.15, 0.2) is 84.3 Å². The molecule has 0 aromatic heterocycles. The minimum atomic E-state index is -0.547. The average Bonchev–Trinajstić information content (AvgIpc) is 2.90. The number of hydrogen-bond donors (Lipinski definition) is 1. The molecule has 6 nitrogen and oxygen atoms in total. The summed E-state index contributed by atoms with van der Waals surface area (Å²) >= 11 is 5.90. The Morgan fingerprint density at radius 3 is 2.65 bits per heavy atom. The minimum Gasteiger partial charge on any atom is -0.493 e. The second kappa shape index (κ2) is 12.2. The molecule has 0 saturated carbocycles. The van der Waals surface area contributed by atoms with Gasteiger partial charge < -0.3 is 19.9 Å². The average molecular weight is 515 g/mol. The van der Waals surface area contributed by atoms with E-state index >= 15 is 0 Å². The van der Waals surface area contributed by atoms with Crippen LogP contribution in [0.25, 0.3) is 6.08 Å². The van der Waals surface area contributed by atoms with E-state index in [9.17, 15) is 10.1 Å². The van der Waals surface area contributed by atoms with Crippen LogP contribution in [0.2, 0.25) is 5.02 Å². The molecule has 7 heteroatoms. The lowest BCUT2D eigenvalue weighted by Gasteiger charge is -2.28. The Hall–Kier alpha value is -4.21. The SMILES string of the molecule is CCCCCOc1ccccc1C1C(C#N)=C(N)Oc2cc(OC(=O)/C=C/c3ccc(Cl)cc3)ccc21. The molecule has 0 amide bonds. The molecule has 0 spiro atoms. The lowest BCUT2D eigenvalue weighted by atomic mass is 9.83. The van der Waals surface area contributed by atoms with E-state index in [0.717, 1.165) is 36.0 Å². The van der Waals surface area contributed by atoms with Gasteiger partial charge in [0.15, 0.2) is 0 Å². The number of halogens is 1. The molecule has 0 bridgehead atoms. The molecule has 1 unspecified atom stereocenters. The number of rotatable bonds is 9. The fraction of sp³-hybridized carbons (Fsp3) is 0.200. The van der Waals surface area contributed by atoms with E-state index in [1.807, 2.05) is 24.3 Å². The van der Waals surface area contributed by atoms with Crippen LogP contribution in [0.1, 0.15) is 48.8 Å². The molecular formula is C30H27ClN2O4. The number of nitrogens with zero attached hydrogens (tertiary/aromatic N) is 1. The summed E-state index contributed by atoms with van der Waals surface area (Å²) in [5, 5.41) is 10.5. The van der Waals surface area contributed by atoms with Crippen molar-refractivity contribution < 1.29 is 19.0 Å². The maximum Gasteiger partial charge on any atom is 0.336 e. The van der Waals surface area contributed by atoms with Crippen LogP contribution < -0.4 is 19.9 Å². The summed E-state index contributed by atoms with van der Waals surface area (Å²) in [4.78, 5) is 12.4. The molecule has 0 saturated heterocycles. The highest BCUT2D eigenvalue weighted by molar-refractivity contribution is 6.30. The standard InChI is InChI=1S/C30H27ClN2O4/c1-2-3-6-17-35-26-8-5-4-7-23(26)29-24-15-14-22(18-27(24)37-30(33)25(29)19-32)36-28(34)16-11-20-9-12-21(31)13-10-20/h4-5,7-16,18,29H,2-3,6,17,33H2,1H3/b16-11+. The van der Waals surface area contributed by atoms with E-state index in [1.54, 1.807) is 48.5 Å². The first-order chi connectivity index (χ1) is 18.0. The van der Waals surface area contributed by atoms with E-state index < -0.39 is 11.9 Å². The Bertz CT molecular complexity index is 1370. The van der Waals surface area contributed by atoms with Gasteiger partial charge in [0.1, 0.15) is 28.9 Å². The highest BCUT2D eigenvalue weighted by Gasteiger charge is 2.32. The number of benzene rings is 3. The third-order valence-electron chi connectivity index (χ3n) is 5.93. The van der Waals surface area contributed by atoms with E-state index in [2.05, 4.69) is 13.0 Å². The number of para-hydroxylation sites is 1. The van der Waals surface area contributed by atoms with Gasteiger partial charge in [-0.25, -0.2) is 4.79 Å². The molecule has 1 heterocycles. The lowest BCUT2D eigenvalue weighted by molar-refractivity contribution is -0.128. The van der Waals surface area contributed by atoms with Gasteiger partial charge in [0.25, 0.3) is 0 Å². The zero-order valence-electron chi connectivity index (χ0n) is 20.4. The van der Waals surface area contributed by atoms with Crippen molar-refractivity contribution >= 4 is 23.6 Å². The summed E-state index contributed by atoms with van der Waals surface area (Å²) < 4.78 is 17.3. The van der Waals surface area contributed by atoms with Crippen molar-refractivity contribution in [3.05, 3.63) is 106 Å². The molecule has 2 N–H and O–H groups in total. The highest BCUT2D eigenvalue weighted by Crippen LogP contribution is 2.45. The van der Waals surface area contributed by atoms with Crippen molar-refractivity contribution in [2.24, 2.45) is 5.73 Å². The lowest BCUT2D eigenvalue weighted by Crippen LogP contribution is -2.21. The zero-order valence-corrected chi connectivity index (χ0v) is 21.2. The Labute approximate surface area is 221 Å². The number of nitriles is 1. The van der Waals surface area contributed by atoms with Crippen molar-refractivity contribution in [3.63, 3.8) is 0 Å². The highest BCUT2D eigenvalue weighted by atomic mass is 35.5. The predicted molar refractivity (Wildman–Crippen MR) is 143 cm³/mol. The van der Waals surface area contributed by atoms with Crippen LogP contribution in [-0.4, -0.2) is 12.6 Å². The number of hydrogen-bond acceptors (Lipinski definition) is 6. The molecule has 3 aromatic carbocycles. The summed E-state index contributed by atoms with van der Waals surface area (Å²) in [7, 11) is 0. The normalized spacial score (nSPS) is 14.6. The van der Waals surface area contributed by atoms with Gasteiger partial charge in [-0.1, -0.05) is 67.8 Å². The van der Waals surface area contributed by atoms with Crippen molar-refractivity contribution in [2.75, 3.05) is 6.61 Å².